The Balaban J connectivity index is 0.00000121. The molecule has 0 aliphatic rings. The fraction of sp³-hybridized carbons (Fsp3) is 0.333. The molecule has 0 fully saturated rings. The van der Waals surface area contributed by atoms with Crippen LogP contribution in [0.4, 0.5) is 0 Å². The maximum absolute atomic E-state index is 8.98. The van der Waals surface area contributed by atoms with Crippen LogP contribution in [0.3, 0.4) is 0 Å². The van der Waals surface area contributed by atoms with Crippen molar-refractivity contribution in [1.29, 1.82) is 0 Å². The van der Waals surface area contributed by atoms with E-state index in [0.29, 0.717) is 5.75 Å². The average Bonchev–Trinajstić information content (AvgIpc) is 1.93. The van der Waals surface area contributed by atoms with Gasteiger partial charge in [0.25, 0.3) is 0 Å². The van der Waals surface area contributed by atoms with Gasteiger partial charge < -0.3 is 10.0 Å². The number of aromatic hydroxyl groups is 1. The number of phenolic OH excluding ortho intramolecular Hbond substituents is 1. The second-order valence-electron chi connectivity index (χ2n) is 2.90. The topological polar surface area (TPSA) is 23.5 Å². The molecular weight excluding hydrogens is 218 g/mol. The van der Waals surface area contributed by atoms with E-state index < -0.39 is 0 Å². The highest BCUT2D eigenvalue weighted by Gasteiger charge is 1.93. The third kappa shape index (κ3) is 3.74. The van der Waals surface area contributed by atoms with Crippen LogP contribution in [0.1, 0.15) is 5.56 Å². The number of benzene rings is 1. The number of hydrogen-bond acceptors (Lipinski definition) is 2. The van der Waals surface area contributed by atoms with Crippen LogP contribution >= 0.6 is 17.0 Å². The van der Waals surface area contributed by atoms with E-state index in [1.165, 1.54) is 5.56 Å². The zero-order valence-corrected chi connectivity index (χ0v) is 9.03. The van der Waals surface area contributed by atoms with Crippen LogP contribution in [0.2, 0.25) is 0 Å². The minimum absolute atomic E-state index is 0. The van der Waals surface area contributed by atoms with Crippen molar-refractivity contribution in [3.8, 4) is 5.75 Å². The molecule has 12 heavy (non-hydrogen) atoms. The van der Waals surface area contributed by atoms with Gasteiger partial charge in [0.1, 0.15) is 5.75 Å². The number of rotatable bonds is 2. The highest BCUT2D eigenvalue weighted by molar-refractivity contribution is 8.93. The van der Waals surface area contributed by atoms with E-state index in [2.05, 4.69) is 4.90 Å². The fourth-order valence-corrected chi connectivity index (χ4v) is 0.967. The molecule has 0 aromatic heterocycles. The minimum Gasteiger partial charge on any atom is -0.508 e. The molecule has 1 N–H and O–H groups in total. The standard InChI is InChI=1S/C9H13NO.BrH/c1-10(2)7-8-3-5-9(11)6-4-8;/h3-6,11H,7H2,1-2H3;1H. The van der Waals surface area contributed by atoms with Crippen LogP contribution in [0, 0.1) is 0 Å². The Bertz CT molecular complexity index is 220. The van der Waals surface area contributed by atoms with Crippen LogP contribution < -0.4 is 0 Å². The maximum atomic E-state index is 8.98. The molecule has 0 spiro atoms. The van der Waals surface area contributed by atoms with E-state index in [4.69, 9.17) is 5.11 Å². The summed E-state index contributed by atoms with van der Waals surface area (Å²) in [4.78, 5) is 2.09. The first-order valence-electron chi connectivity index (χ1n) is 3.61. The van der Waals surface area contributed by atoms with Crippen molar-refractivity contribution in [3.63, 3.8) is 0 Å². The van der Waals surface area contributed by atoms with Crippen molar-refractivity contribution >= 4 is 17.0 Å². The highest BCUT2D eigenvalue weighted by Crippen LogP contribution is 2.10. The van der Waals surface area contributed by atoms with E-state index in [0.717, 1.165) is 6.54 Å². The Labute approximate surface area is 83.6 Å². The summed E-state index contributed by atoms with van der Waals surface area (Å²) >= 11 is 0. The third-order valence-electron chi connectivity index (χ3n) is 1.44. The van der Waals surface area contributed by atoms with Crippen molar-refractivity contribution in [2.75, 3.05) is 14.1 Å². The van der Waals surface area contributed by atoms with Gasteiger partial charge in [-0.1, -0.05) is 12.1 Å². The van der Waals surface area contributed by atoms with Gasteiger partial charge in [0.2, 0.25) is 0 Å². The number of phenols is 1. The van der Waals surface area contributed by atoms with Gasteiger partial charge in [0.05, 0.1) is 0 Å². The summed E-state index contributed by atoms with van der Waals surface area (Å²) in [6.45, 7) is 0.917. The lowest BCUT2D eigenvalue weighted by Crippen LogP contribution is -2.10. The van der Waals surface area contributed by atoms with Crippen molar-refractivity contribution in [2.24, 2.45) is 0 Å². The van der Waals surface area contributed by atoms with Gasteiger partial charge in [-0.3, -0.25) is 0 Å². The zero-order valence-electron chi connectivity index (χ0n) is 7.32. The van der Waals surface area contributed by atoms with Gasteiger partial charge in [-0.25, -0.2) is 0 Å². The van der Waals surface area contributed by atoms with Crippen LogP contribution in [-0.2, 0) is 6.54 Å². The number of nitrogens with zero attached hydrogens (tertiary/aromatic N) is 1. The third-order valence-corrected chi connectivity index (χ3v) is 1.44. The predicted molar refractivity (Wildman–Crippen MR) is 55.8 cm³/mol. The zero-order chi connectivity index (χ0) is 8.27. The molecule has 0 radical (unpaired) electrons. The van der Waals surface area contributed by atoms with Gasteiger partial charge in [0.15, 0.2) is 0 Å². The molecule has 68 valence electrons. The lowest BCUT2D eigenvalue weighted by atomic mass is 10.2. The molecular formula is C9H14BrNO. The Morgan fingerprint density at radius 2 is 1.67 bits per heavy atom. The van der Waals surface area contributed by atoms with Crippen LogP contribution in [0.25, 0.3) is 0 Å². The van der Waals surface area contributed by atoms with E-state index >= 15 is 0 Å². The first-order chi connectivity index (χ1) is 5.18. The molecule has 0 aliphatic heterocycles. The summed E-state index contributed by atoms with van der Waals surface area (Å²) in [6, 6.07) is 7.27. The summed E-state index contributed by atoms with van der Waals surface area (Å²) in [5.41, 5.74) is 1.22. The Kier molecular flexibility index (Phi) is 4.93. The van der Waals surface area contributed by atoms with Crippen molar-refractivity contribution in [2.45, 2.75) is 6.54 Å². The molecule has 1 rings (SSSR count). The molecule has 2 nitrogen and oxygen atoms in total. The summed E-state index contributed by atoms with van der Waals surface area (Å²) in [7, 11) is 4.04. The van der Waals surface area contributed by atoms with Gasteiger partial charge in [0, 0.05) is 6.54 Å². The van der Waals surface area contributed by atoms with E-state index in [9.17, 15) is 0 Å². The van der Waals surface area contributed by atoms with E-state index in [1.54, 1.807) is 12.1 Å². The van der Waals surface area contributed by atoms with Crippen LogP contribution in [0.15, 0.2) is 24.3 Å². The molecule has 0 atom stereocenters. The fourth-order valence-electron chi connectivity index (χ4n) is 0.967. The van der Waals surface area contributed by atoms with Gasteiger partial charge >= 0.3 is 0 Å². The molecule has 0 saturated carbocycles. The summed E-state index contributed by atoms with van der Waals surface area (Å²) in [5, 5.41) is 8.98. The lowest BCUT2D eigenvalue weighted by molar-refractivity contribution is 0.402. The van der Waals surface area contributed by atoms with E-state index in [-0.39, 0.29) is 17.0 Å². The minimum atomic E-state index is 0. The molecule has 0 bridgehead atoms. The quantitative estimate of drug-likeness (QED) is 0.843. The van der Waals surface area contributed by atoms with Crippen LogP contribution in [0.5, 0.6) is 5.75 Å². The highest BCUT2D eigenvalue weighted by atomic mass is 79.9. The second-order valence-corrected chi connectivity index (χ2v) is 2.90. The lowest BCUT2D eigenvalue weighted by Gasteiger charge is -2.08. The molecule has 0 heterocycles. The molecule has 0 aliphatic carbocycles. The average molecular weight is 232 g/mol. The molecule has 1 aromatic rings. The van der Waals surface area contributed by atoms with Gasteiger partial charge in [-0.2, -0.15) is 0 Å². The van der Waals surface area contributed by atoms with Crippen LogP contribution in [-0.4, -0.2) is 24.1 Å². The second kappa shape index (κ2) is 5.17. The molecule has 0 amide bonds. The van der Waals surface area contributed by atoms with Crippen molar-refractivity contribution < 1.29 is 5.11 Å². The summed E-state index contributed by atoms with van der Waals surface area (Å²) < 4.78 is 0. The molecule has 0 unspecified atom stereocenters. The molecule has 3 heteroatoms. The Morgan fingerprint density at radius 3 is 2.08 bits per heavy atom. The molecule has 1 aromatic carbocycles. The summed E-state index contributed by atoms with van der Waals surface area (Å²) in [5.74, 6) is 0.326. The van der Waals surface area contributed by atoms with Gasteiger partial charge in [-0.05, 0) is 31.8 Å². The normalized spacial score (nSPS) is 9.58. The first kappa shape index (κ1) is 11.5. The predicted octanol–water partition coefficient (Wildman–Crippen LogP) is 2.03. The Morgan fingerprint density at radius 1 is 1.17 bits per heavy atom. The first-order valence-corrected chi connectivity index (χ1v) is 3.61. The SMILES string of the molecule is Br.CN(C)Cc1ccc(O)cc1. The number of halogens is 1. The molecule has 0 saturated heterocycles. The smallest absolute Gasteiger partial charge is 0.115 e. The largest absolute Gasteiger partial charge is 0.508 e. The summed E-state index contributed by atoms with van der Waals surface area (Å²) in [6.07, 6.45) is 0. The number of hydrogen-bond donors (Lipinski definition) is 1. The monoisotopic (exact) mass is 231 g/mol. The van der Waals surface area contributed by atoms with E-state index in [1.807, 2.05) is 26.2 Å². The van der Waals surface area contributed by atoms with Gasteiger partial charge in [-0.15, -0.1) is 17.0 Å². The Hall–Kier alpha value is -0.540. The van der Waals surface area contributed by atoms with Crippen molar-refractivity contribution in [3.05, 3.63) is 29.8 Å². The maximum Gasteiger partial charge on any atom is 0.115 e. The van der Waals surface area contributed by atoms with Crippen molar-refractivity contribution in [1.82, 2.24) is 4.90 Å².